The number of aryl methyl sites for hydroxylation is 1. The van der Waals surface area contributed by atoms with Crippen LogP contribution in [0, 0.1) is 6.92 Å². The van der Waals surface area contributed by atoms with E-state index >= 15 is 0 Å². The molecule has 0 fully saturated rings. The van der Waals surface area contributed by atoms with Crippen LogP contribution in [0.2, 0.25) is 0 Å². The van der Waals surface area contributed by atoms with Crippen molar-refractivity contribution in [3.63, 3.8) is 0 Å². The first kappa shape index (κ1) is 18.6. The topological polar surface area (TPSA) is 73.8 Å². The molecule has 142 valence electrons. The molecule has 0 saturated heterocycles. The van der Waals surface area contributed by atoms with Gasteiger partial charge in [0.25, 0.3) is 5.56 Å². The van der Waals surface area contributed by atoms with Crippen molar-refractivity contribution in [1.29, 1.82) is 0 Å². The van der Waals surface area contributed by atoms with Crippen LogP contribution in [0.1, 0.15) is 23.9 Å². The average molecular weight is 411 g/mol. The van der Waals surface area contributed by atoms with Crippen LogP contribution in [0.4, 0.5) is 0 Å². The van der Waals surface area contributed by atoms with E-state index in [0.717, 1.165) is 16.0 Å². The van der Waals surface area contributed by atoms with Crippen LogP contribution in [0.25, 0.3) is 21.3 Å². The summed E-state index contributed by atoms with van der Waals surface area (Å²) in [5.41, 5.74) is 1.85. The second kappa shape index (κ2) is 7.73. The van der Waals surface area contributed by atoms with Crippen LogP contribution in [0.5, 0.6) is 0 Å². The van der Waals surface area contributed by atoms with Gasteiger partial charge in [-0.1, -0.05) is 53.3 Å². The molecule has 3 aromatic heterocycles. The van der Waals surface area contributed by atoms with Gasteiger partial charge in [0.1, 0.15) is 4.83 Å². The third-order valence-electron chi connectivity index (χ3n) is 4.23. The Morgan fingerprint density at radius 3 is 2.79 bits per heavy atom. The van der Waals surface area contributed by atoms with Crippen molar-refractivity contribution in [2.75, 3.05) is 0 Å². The minimum Gasteiger partial charge on any atom is -0.338 e. The largest absolute Gasteiger partial charge is 0.338 e. The van der Waals surface area contributed by atoms with Crippen molar-refractivity contribution in [1.82, 2.24) is 19.7 Å². The number of aromatic nitrogens is 4. The zero-order valence-electron chi connectivity index (χ0n) is 15.5. The van der Waals surface area contributed by atoms with E-state index in [0.29, 0.717) is 28.8 Å². The van der Waals surface area contributed by atoms with Crippen LogP contribution in [0.3, 0.4) is 0 Å². The maximum Gasteiger partial charge on any atom is 0.263 e. The molecular weight excluding hydrogens is 392 g/mol. The van der Waals surface area contributed by atoms with Crippen molar-refractivity contribution in [3.8, 4) is 11.1 Å². The summed E-state index contributed by atoms with van der Waals surface area (Å²) < 4.78 is 6.91. The molecule has 0 radical (unpaired) electrons. The summed E-state index contributed by atoms with van der Waals surface area (Å²) in [4.78, 5) is 23.1. The zero-order chi connectivity index (χ0) is 19.7. The molecule has 4 aromatic rings. The summed E-state index contributed by atoms with van der Waals surface area (Å²) >= 11 is 2.90. The second-order valence-corrected chi connectivity index (χ2v) is 8.40. The molecule has 6 nitrogen and oxygen atoms in total. The SMILES string of the molecule is C=CCn1c(SC(C)c2nc(C)no2)nc2scc(-c3ccccc3)c2c1=O. The van der Waals surface area contributed by atoms with E-state index in [1.165, 1.54) is 23.1 Å². The molecule has 3 heterocycles. The Hall–Kier alpha value is -2.71. The first-order valence-electron chi connectivity index (χ1n) is 8.73. The minimum atomic E-state index is -0.129. The van der Waals surface area contributed by atoms with Gasteiger partial charge in [0.15, 0.2) is 11.0 Å². The second-order valence-electron chi connectivity index (χ2n) is 6.23. The number of allylic oxidation sites excluding steroid dienone is 1. The van der Waals surface area contributed by atoms with Crippen LogP contribution >= 0.6 is 23.1 Å². The highest BCUT2D eigenvalue weighted by Crippen LogP contribution is 2.36. The fraction of sp³-hybridized carbons (Fsp3) is 0.200. The van der Waals surface area contributed by atoms with E-state index in [1.807, 2.05) is 42.6 Å². The molecule has 28 heavy (non-hydrogen) atoms. The van der Waals surface area contributed by atoms with Gasteiger partial charge < -0.3 is 4.52 Å². The van der Waals surface area contributed by atoms with Crippen molar-refractivity contribution >= 4 is 33.3 Å². The van der Waals surface area contributed by atoms with E-state index in [9.17, 15) is 4.79 Å². The predicted molar refractivity (Wildman–Crippen MR) is 113 cm³/mol. The summed E-state index contributed by atoms with van der Waals surface area (Å²) in [5.74, 6) is 1.10. The Morgan fingerprint density at radius 2 is 2.11 bits per heavy atom. The first-order chi connectivity index (χ1) is 13.6. The summed E-state index contributed by atoms with van der Waals surface area (Å²) in [6, 6.07) is 9.89. The lowest BCUT2D eigenvalue weighted by atomic mass is 10.1. The number of thioether (sulfide) groups is 1. The van der Waals surface area contributed by atoms with Gasteiger partial charge in [-0.05, 0) is 19.4 Å². The molecule has 8 heteroatoms. The maximum atomic E-state index is 13.3. The van der Waals surface area contributed by atoms with Crippen molar-refractivity contribution in [2.45, 2.75) is 30.8 Å². The lowest BCUT2D eigenvalue weighted by molar-refractivity contribution is 0.376. The Kier molecular flexibility index (Phi) is 5.15. The number of fused-ring (bicyclic) bond motifs is 1. The Bertz CT molecular complexity index is 1190. The summed E-state index contributed by atoms with van der Waals surface area (Å²) in [5, 5.41) is 6.96. The number of benzene rings is 1. The number of nitrogens with zero attached hydrogens (tertiary/aromatic N) is 4. The molecule has 0 N–H and O–H groups in total. The van der Waals surface area contributed by atoms with Crippen LogP contribution in [0.15, 0.2) is 62.8 Å². The molecule has 0 aliphatic carbocycles. The van der Waals surface area contributed by atoms with E-state index in [4.69, 9.17) is 9.51 Å². The molecular formula is C20H18N4O2S2. The molecule has 0 bridgehead atoms. The molecule has 0 saturated carbocycles. The molecule has 0 aliphatic heterocycles. The van der Waals surface area contributed by atoms with Gasteiger partial charge in [-0.2, -0.15) is 4.98 Å². The van der Waals surface area contributed by atoms with Crippen LogP contribution in [-0.2, 0) is 6.54 Å². The third kappa shape index (κ3) is 3.41. The molecule has 0 aliphatic rings. The highest BCUT2D eigenvalue weighted by molar-refractivity contribution is 7.99. The standard InChI is InChI=1S/C20H18N4O2S2/c1-4-10-24-19(25)16-15(14-8-6-5-7-9-14)11-27-18(16)22-20(24)28-12(2)17-21-13(3)23-26-17/h4-9,11-12H,1,10H2,2-3H3. The van der Waals surface area contributed by atoms with Gasteiger partial charge in [0.05, 0.1) is 10.6 Å². The van der Waals surface area contributed by atoms with Crippen LogP contribution < -0.4 is 5.56 Å². The lowest BCUT2D eigenvalue weighted by Crippen LogP contribution is -2.22. The molecule has 1 aromatic carbocycles. The van der Waals surface area contributed by atoms with E-state index in [2.05, 4.69) is 16.7 Å². The van der Waals surface area contributed by atoms with Crippen molar-refractivity contribution in [2.24, 2.45) is 0 Å². The van der Waals surface area contributed by atoms with E-state index in [1.54, 1.807) is 17.6 Å². The number of hydrogen-bond acceptors (Lipinski definition) is 7. The summed E-state index contributed by atoms with van der Waals surface area (Å²) in [6.45, 7) is 7.90. The Labute approximate surface area is 169 Å². The first-order valence-corrected chi connectivity index (χ1v) is 10.5. The van der Waals surface area contributed by atoms with Crippen molar-refractivity contribution < 1.29 is 4.52 Å². The molecule has 4 rings (SSSR count). The smallest absolute Gasteiger partial charge is 0.263 e. The fourth-order valence-electron chi connectivity index (χ4n) is 2.90. The van der Waals surface area contributed by atoms with Crippen molar-refractivity contribution in [3.05, 3.63) is 70.4 Å². The zero-order valence-corrected chi connectivity index (χ0v) is 17.1. The normalized spacial score (nSPS) is 12.4. The monoisotopic (exact) mass is 410 g/mol. The predicted octanol–water partition coefficient (Wildman–Crippen LogP) is 4.86. The molecule has 1 atom stereocenters. The molecule has 0 amide bonds. The quantitative estimate of drug-likeness (QED) is 0.257. The number of thiophene rings is 1. The van der Waals surface area contributed by atoms with Gasteiger partial charge in [-0.15, -0.1) is 17.9 Å². The fourth-order valence-corrected chi connectivity index (χ4v) is 4.84. The summed E-state index contributed by atoms with van der Waals surface area (Å²) in [6.07, 6.45) is 1.70. The van der Waals surface area contributed by atoms with Gasteiger partial charge >= 0.3 is 0 Å². The highest BCUT2D eigenvalue weighted by Gasteiger charge is 2.21. The lowest BCUT2D eigenvalue weighted by Gasteiger charge is -2.12. The maximum absolute atomic E-state index is 13.3. The van der Waals surface area contributed by atoms with Gasteiger partial charge in [-0.3, -0.25) is 9.36 Å². The highest BCUT2D eigenvalue weighted by atomic mass is 32.2. The van der Waals surface area contributed by atoms with Crippen LogP contribution in [-0.4, -0.2) is 19.7 Å². The average Bonchev–Trinajstić information content (AvgIpc) is 3.32. The Morgan fingerprint density at radius 1 is 1.32 bits per heavy atom. The number of rotatable bonds is 6. The van der Waals surface area contributed by atoms with Gasteiger partial charge in [0, 0.05) is 17.5 Å². The van der Waals surface area contributed by atoms with Gasteiger partial charge in [0.2, 0.25) is 5.89 Å². The summed E-state index contributed by atoms with van der Waals surface area (Å²) in [7, 11) is 0. The Balaban J connectivity index is 1.82. The number of hydrogen-bond donors (Lipinski definition) is 0. The molecule has 0 spiro atoms. The minimum absolute atomic E-state index is 0.0681. The van der Waals surface area contributed by atoms with Gasteiger partial charge in [-0.25, -0.2) is 4.98 Å². The third-order valence-corrected chi connectivity index (χ3v) is 6.18. The van der Waals surface area contributed by atoms with E-state index < -0.39 is 0 Å². The molecule has 1 unspecified atom stereocenters. The van der Waals surface area contributed by atoms with E-state index in [-0.39, 0.29) is 10.8 Å².